The van der Waals surface area contributed by atoms with Crippen molar-refractivity contribution < 1.29 is 0 Å². The van der Waals surface area contributed by atoms with Gasteiger partial charge in [-0.25, -0.2) is 0 Å². The minimum absolute atomic E-state index is 0.364. The van der Waals surface area contributed by atoms with E-state index in [2.05, 4.69) is 35.2 Å². The molecule has 3 heteroatoms. The zero-order valence-electron chi connectivity index (χ0n) is 9.75. The summed E-state index contributed by atoms with van der Waals surface area (Å²) in [6.07, 6.45) is 3.80. The lowest BCUT2D eigenvalue weighted by atomic mass is 10.1. The van der Waals surface area contributed by atoms with Crippen LogP contribution >= 0.6 is 0 Å². The van der Waals surface area contributed by atoms with E-state index in [1.165, 1.54) is 5.69 Å². The molecule has 3 nitrogen and oxygen atoms in total. The molecular formula is C12H19N3. The van der Waals surface area contributed by atoms with Crippen LogP contribution in [0.25, 0.3) is 0 Å². The average Bonchev–Trinajstić information content (AvgIpc) is 2.64. The summed E-state index contributed by atoms with van der Waals surface area (Å²) in [4.78, 5) is 0. The van der Waals surface area contributed by atoms with Crippen LogP contribution in [-0.4, -0.2) is 16.3 Å². The molecule has 0 saturated carbocycles. The smallest absolute Gasteiger partial charge is 0.0550 e. The van der Waals surface area contributed by atoms with Crippen molar-refractivity contribution in [1.29, 1.82) is 0 Å². The van der Waals surface area contributed by atoms with Crippen LogP contribution in [0.15, 0.2) is 12.3 Å². The highest BCUT2D eigenvalue weighted by molar-refractivity contribution is 5.08. The maximum Gasteiger partial charge on any atom is 0.0550 e. The third-order valence-electron chi connectivity index (χ3n) is 2.40. The zero-order chi connectivity index (χ0) is 11.1. The zero-order valence-corrected chi connectivity index (χ0v) is 9.75. The van der Waals surface area contributed by atoms with Crippen molar-refractivity contribution in [2.75, 3.05) is 6.54 Å². The predicted octanol–water partition coefficient (Wildman–Crippen LogP) is 1.87. The van der Waals surface area contributed by atoms with Gasteiger partial charge in [-0.3, -0.25) is 4.68 Å². The van der Waals surface area contributed by atoms with Crippen molar-refractivity contribution in [1.82, 2.24) is 15.1 Å². The molecule has 1 aromatic heterocycles. The van der Waals surface area contributed by atoms with E-state index in [0.717, 1.165) is 19.4 Å². The maximum absolute atomic E-state index is 4.19. The number of nitrogens with one attached hydrogen (secondary N) is 1. The average molecular weight is 205 g/mol. The molecule has 82 valence electrons. The van der Waals surface area contributed by atoms with Crippen LogP contribution in [0.2, 0.25) is 0 Å². The Morgan fingerprint density at radius 2 is 2.40 bits per heavy atom. The molecule has 0 saturated heterocycles. The molecule has 0 fully saturated rings. The Morgan fingerprint density at radius 1 is 1.60 bits per heavy atom. The summed E-state index contributed by atoms with van der Waals surface area (Å²) in [5.74, 6) is 6.02. The van der Waals surface area contributed by atoms with Gasteiger partial charge in [-0.2, -0.15) is 5.10 Å². The lowest BCUT2D eigenvalue weighted by Crippen LogP contribution is -2.23. The standard InChI is InChI=1S/C12H19N3/c1-4-6-7-8-11(13-5-2)12-9-10-14-15(12)3/h9-11,13H,5,7-8H2,1-3H3. The SMILES string of the molecule is CC#CCCC(NCC)c1ccnn1C. The fourth-order valence-electron chi connectivity index (χ4n) is 1.67. The summed E-state index contributed by atoms with van der Waals surface area (Å²) in [7, 11) is 1.98. The number of aromatic nitrogens is 2. The molecule has 1 atom stereocenters. The number of aryl methyl sites for hydroxylation is 1. The van der Waals surface area contributed by atoms with Gasteiger partial charge in [0.05, 0.1) is 11.7 Å². The van der Waals surface area contributed by atoms with Gasteiger partial charge in [0.2, 0.25) is 0 Å². The monoisotopic (exact) mass is 205 g/mol. The lowest BCUT2D eigenvalue weighted by molar-refractivity contribution is 0.486. The van der Waals surface area contributed by atoms with Gasteiger partial charge in [-0.1, -0.05) is 6.92 Å². The van der Waals surface area contributed by atoms with Crippen molar-refractivity contribution in [3.8, 4) is 11.8 Å². The van der Waals surface area contributed by atoms with Crippen LogP contribution in [0.1, 0.15) is 38.4 Å². The van der Waals surface area contributed by atoms with Gasteiger partial charge in [-0.15, -0.1) is 11.8 Å². The van der Waals surface area contributed by atoms with Crippen molar-refractivity contribution in [2.45, 2.75) is 32.7 Å². The largest absolute Gasteiger partial charge is 0.309 e. The van der Waals surface area contributed by atoms with Gasteiger partial charge in [-0.05, 0) is 26.0 Å². The molecule has 15 heavy (non-hydrogen) atoms. The van der Waals surface area contributed by atoms with Crippen molar-refractivity contribution in [3.05, 3.63) is 18.0 Å². The normalized spacial score (nSPS) is 11.9. The fourth-order valence-corrected chi connectivity index (χ4v) is 1.67. The van der Waals surface area contributed by atoms with E-state index in [0.29, 0.717) is 6.04 Å². The molecule has 0 spiro atoms. The number of hydrogen-bond donors (Lipinski definition) is 1. The van der Waals surface area contributed by atoms with E-state index in [1.54, 1.807) is 0 Å². The van der Waals surface area contributed by atoms with Crippen LogP contribution in [0.3, 0.4) is 0 Å². The Morgan fingerprint density at radius 3 is 2.93 bits per heavy atom. The molecule has 0 aliphatic carbocycles. The molecule has 1 rings (SSSR count). The summed E-state index contributed by atoms with van der Waals surface area (Å²) in [6.45, 7) is 4.97. The Hall–Kier alpha value is -1.27. The van der Waals surface area contributed by atoms with E-state index in [1.807, 2.05) is 24.9 Å². The van der Waals surface area contributed by atoms with Crippen molar-refractivity contribution >= 4 is 0 Å². The first-order chi connectivity index (χ1) is 7.29. The third kappa shape index (κ3) is 3.41. The molecule has 0 bridgehead atoms. The second-order valence-corrected chi connectivity index (χ2v) is 3.46. The highest BCUT2D eigenvalue weighted by atomic mass is 15.3. The highest BCUT2D eigenvalue weighted by Gasteiger charge is 2.12. The number of hydrogen-bond acceptors (Lipinski definition) is 2. The predicted molar refractivity (Wildman–Crippen MR) is 62.3 cm³/mol. The van der Waals surface area contributed by atoms with Gasteiger partial charge in [0.15, 0.2) is 0 Å². The first kappa shape index (κ1) is 11.8. The molecule has 0 aliphatic heterocycles. The highest BCUT2D eigenvalue weighted by Crippen LogP contribution is 2.16. The minimum Gasteiger partial charge on any atom is -0.309 e. The summed E-state index contributed by atoms with van der Waals surface area (Å²) >= 11 is 0. The fraction of sp³-hybridized carbons (Fsp3) is 0.583. The summed E-state index contributed by atoms with van der Waals surface area (Å²) in [5, 5.41) is 7.64. The molecular weight excluding hydrogens is 186 g/mol. The van der Waals surface area contributed by atoms with Crippen molar-refractivity contribution in [2.24, 2.45) is 7.05 Å². The first-order valence-electron chi connectivity index (χ1n) is 5.40. The van der Waals surface area contributed by atoms with Crippen LogP contribution in [0, 0.1) is 11.8 Å². The second-order valence-electron chi connectivity index (χ2n) is 3.46. The van der Waals surface area contributed by atoms with Crippen LogP contribution < -0.4 is 5.32 Å². The van der Waals surface area contributed by atoms with E-state index >= 15 is 0 Å². The molecule has 0 aliphatic rings. The summed E-state index contributed by atoms with van der Waals surface area (Å²) in [5.41, 5.74) is 1.23. The molecule has 1 N–H and O–H groups in total. The maximum atomic E-state index is 4.19. The molecule has 1 unspecified atom stereocenters. The Bertz CT molecular complexity index is 343. The Labute approximate surface area is 91.9 Å². The lowest BCUT2D eigenvalue weighted by Gasteiger charge is -2.16. The van der Waals surface area contributed by atoms with E-state index in [-0.39, 0.29) is 0 Å². The van der Waals surface area contributed by atoms with Gasteiger partial charge in [0.1, 0.15) is 0 Å². The Balaban J connectivity index is 2.64. The van der Waals surface area contributed by atoms with Gasteiger partial charge >= 0.3 is 0 Å². The van der Waals surface area contributed by atoms with E-state index in [4.69, 9.17) is 0 Å². The summed E-state index contributed by atoms with van der Waals surface area (Å²) < 4.78 is 1.92. The second kappa shape index (κ2) is 6.26. The van der Waals surface area contributed by atoms with E-state index < -0.39 is 0 Å². The minimum atomic E-state index is 0.364. The third-order valence-corrected chi connectivity index (χ3v) is 2.40. The van der Waals surface area contributed by atoms with Crippen LogP contribution in [0.5, 0.6) is 0 Å². The first-order valence-corrected chi connectivity index (χ1v) is 5.40. The molecule has 0 aromatic carbocycles. The van der Waals surface area contributed by atoms with Crippen LogP contribution in [0.4, 0.5) is 0 Å². The summed E-state index contributed by atoms with van der Waals surface area (Å²) in [6, 6.07) is 2.43. The number of nitrogens with zero attached hydrogens (tertiary/aromatic N) is 2. The Kier molecular flexibility index (Phi) is 4.92. The van der Waals surface area contributed by atoms with Gasteiger partial charge in [0, 0.05) is 19.7 Å². The molecule has 1 heterocycles. The number of rotatable bonds is 5. The van der Waals surface area contributed by atoms with Crippen molar-refractivity contribution in [3.63, 3.8) is 0 Å². The topological polar surface area (TPSA) is 29.9 Å². The van der Waals surface area contributed by atoms with Crippen LogP contribution in [-0.2, 0) is 7.05 Å². The van der Waals surface area contributed by atoms with Gasteiger partial charge < -0.3 is 5.32 Å². The van der Waals surface area contributed by atoms with Gasteiger partial charge in [0.25, 0.3) is 0 Å². The molecule has 1 aromatic rings. The molecule has 0 amide bonds. The molecule has 0 radical (unpaired) electrons. The van der Waals surface area contributed by atoms with E-state index in [9.17, 15) is 0 Å². The quantitative estimate of drug-likeness (QED) is 0.744.